The molecule has 29 heavy (non-hydrogen) atoms. The second-order valence-corrected chi connectivity index (χ2v) is 10.6. The van der Waals surface area contributed by atoms with Crippen molar-refractivity contribution < 1.29 is 14.4 Å². The number of oxime groups is 1. The van der Waals surface area contributed by atoms with Gasteiger partial charge in [-0.05, 0) is 68.2 Å². The van der Waals surface area contributed by atoms with Crippen LogP contribution in [0.25, 0.3) is 0 Å². The zero-order chi connectivity index (χ0) is 19.5. The van der Waals surface area contributed by atoms with Crippen molar-refractivity contribution in [2.24, 2.45) is 39.7 Å². The van der Waals surface area contributed by atoms with Gasteiger partial charge >= 0.3 is 0 Å². The summed E-state index contributed by atoms with van der Waals surface area (Å²) in [6.07, 6.45) is 8.50. The molecule has 1 aliphatic heterocycles. The van der Waals surface area contributed by atoms with Gasteiger partial charge < -0.3 is 10.2 Å². The molecule has 7 atom stereocenters. The molecule has 0 aromatic carbocycles. The highest BCUT2D eigenvalue weighted by Gasteiger charge is 2.62. The van der Waals surface area contributed by atoms with E-state index in [1.165, 1.54) is 0 Å². The number of carbonyl (C=O) groups excluding carboxylic acids is 2. The van der Waals surface area contributed by atoms with Gasteiger partial charge in [0.2, 0.25) is 0 Å². The zero-order valence-corrected chi connectivity index (χ0v) is 18.6. The summed E-state index contributed by atoms with van der Waals surface area (Å²) in [5.41, 5.74) is 0.994. The van der Waals surface area contributed by atoms with Crippen molar-refractivity contribution in [3.05, 3.63) is 0 Å². The molecule has 0 amide bonds. The monoisotopic (exact) mass is 422 g/mol. The van der Waals surface area contributed by atoms with Crippen LogP contribution in [0.4, 0.5) is 0 Å². The fourth-order valence-corrected chi connectivity index (χ4v) is 7.57. The first-order chi connectivity index (χ1) is 13.4. The van der Waals surface area contributed by atoms with Crippen molar-refractivity contribution in [2.75, 3.05) is 13.1 Å². The van der Waals surface area contributed by atoms with Crippen molar-refractivity contribution >= 4 is 29.7 Å². The lowest BCUT2D eigenvalue weighted by atomic mass is 9.45. The molecular formula is C23H35ClN2O3. The first-order valence-electron chi connectivity index (χ1n) is 11.4. The average Bonchev–Trinajstić information content (AvgIpc) is 3.29. The molecule has 0 radical (unpaired) electrons. The summed E-state index contributed by atoms with van der Waals surface area (Å²) in [6, 6.07) is 0. The number of hydrogen-bond acceptors (Lipinski definition) is 5. The van der Waals surface area contributed by atoms with Crippen LogP contribution in [0.5, 0.6) is 0 Å². The minimum Gasteiger partial charge on any atom is -0.391 e. The Morgan fingerprint density at radius 1 is 1.03 bits per heavy atom. The minimum absolute atomic E-state index is 0. The Morgan fingerprint density at radius 3 is 2.62 bits per heavy atom. The standard InChI is InChI=1S/C23H34N2O3.ClH/c1-22-8-5-14(25-28-15-7-10-24-13-15)11-19(22)20(26)12-16-17-3-4-21(27)23(17,2)9-6-18(16)22;/h15-19,24H,3-13H2,1-2H3;1H/t15-,16+,17+,18+,19-,22-,23+;/m1./s1. The number of hydrogen-bond donors (Lipinski definition) is 1. The van der Waals surface area contributed by atoms with Crippen LogP contribution in [-0.2, 0) is 14.4 Å². The van der Waals surface area contributed by atoms with Crippen LogP contribution in [0.2, 0.25) is 0 Å². The maximum atomic E-state index is 13.3. The molecule has 6 heteroatoms. The summed E-state index contributed by atoms with van der Waals surface area (Å²) in [4.78, 5) is 31.6. The van der Waals surface area contributed by atoms with Crippen LogP contribution in [-0.4, -0.2) is 36.5 Å². The summed E-state index contributed by atoms with van der Waals surface area (Å²) < 4.78 is 0. The van der Waals surface area contributed by atoms with Gasteiger partial charge in [0.1, 0.15) is 17.7 Å². The van der Waals surface area contributed by atoms with Crippen LogP contribution in [0.15, 0.2) is 5.16 Å². The van der Waals surface area contributed by atoms with Gasteiger partial charge in [0.25, 0.3) is 0 Å². The number of ketones is 2. The second kappa shape index (κ2) is 7.64. The van der Waals surface area contributed by atoms with Gasteiger partial charge in [-0.3, -0.25) is 9.59 Å². The van der Waals surface area contributed by atoms with Crippen LogP contribution < -0.4 is 5.32 Å². The third-order valence-electron chi connectivity index (χ3n) is 9.35. The molecular weight excluding hydrogens is 388 g/mol. The molecule has 0 bridgehead atoms. The third-order valence-corrected chi connectivity index (χ3v) is 9.35. The molecule has 0 unspecified atom stereocenters. The van der Waals surface area contributed by atoms with E-state index in [1.807, 2.05) is 0 Å². The van der Waals surface area contributed by atoms with Gasteiger partial charge in [-0.15, -0.1) is 12.4 Å². The van der Waals surface area contributed by atoms with Crippen LogP contribution >= 0.6 is 12.4 Å². The number of halogens is 1. The summed E-state index contributed by atoms with van der Waals surface area (Å²) in [5, 5.41) is 7.78. The Labute approximate surface area is 180 Å². The Bertz CT molecular complexity index is 719. The highest BCUT2D eigenvalue weighted by atomic mass is 35.5. The van der Waals surface area contributed by atoms with Crippen molar-refractivity contribution in [1.82, 2.24) is 5.32 Å². The molecule has 4 aliphatic carbocycles. The molecule has 4 saturated carbocycles. The number of carbonyl (C=O) groups is 2. The molecule has 1 heterocycles. The smallest absolute Gasteiger partial charge is 0.141 e. The quantitative estimate of drug-likeness (QED) is 0.684. The largest absolute Gasteiger partial charge is 0.391 e. The molecule has 5 nitrogen and oxygen atoms in total. The normalized spacial score (nSPS) is 47.9. The summed E-state index contributed by atoms with van der Waals surface area (Å²) in [7, 11) is 0. The van der Waals surface area contributed by atoms with Crippen molar-refractivity contribution in [2.45, 2.75) is 77.7 Å². The van der Waals surface area contributed by atoms with E-state index < -0.39 is 0 Å². The predicted octanol–water partition coefficient (Wildman–Crippen LogP) is 3.93. The Kier molecular flexibility index (Phi) is 5.61. The Hall–Kier alpha value is -0.940. The molecule has 1 N–H and O–H groups in total. The molecule has 0 spiro atoms. The van der Waals surface area contributed by atoms with Crippen LogP contribution in [0, 0.1) is 34.5 Å². The van der Waals surface area contributed by atoms with Gasteiger partial charge in [0.05, 0.1) is 5.71 Å². The van der Waals surface area contributed by atoms with E-state index in [1.54, 1.807) is 0 Å². The summed E-state index contributed by atoms with van der Waals surface area (Å²) in [5.74, 6) is 2.38. The molecule has 1 saturated heterocycles. The third kappa shape index (κ3) is 3.27. The molecule has 162 valence electrons. The van der Waals surface area contributed by atoms with Crippen molar-refractivity contribution in [3.63, 3.8) is 0 Å². The van der Waals surface area contributed by atoms with E-state index in [9.17, 15) is 9.59 Å². The second-order valence-electron chi connectivity index (χ2n) is 10.6. The Balaban J connectivity index is 0.00000205. The average molecular weight is 423 g/mol. The fraction of sp³-hybridized carbons (Fsp3) is 0.870. The van der Waals surface area contributed by atoms with E-state index in [-0.39, 0.29) is 35.3 Å². The summed E-state index contributed by atoms with van der Waals surface area (Å²) >= 11 is 0. The number of Topliss-reactive ketones (excluding diaryl/α,β-unsaturated/α-hetero) is 2. The SMILES string of the molecule is C[C@]12CCC(=NO[C@@H]3CCNC3)C[C@@H]1C(=O)C[C@@H]1[C@@H]2CC[C@]2(C)C(=O)CC[C@@H]12.Cl. The number of rotatable bonds is 2. The van der Waals surface area contributed by atoms with Crippen molar-refractivity contribution in [3.8, 4) is 0 Å². The van der Waals surface area contributed by atoms with E-state index in [2.05, 4.69) is 24.3 Å². The lowest BCUT2D eigenvalue weighted by Crippen LogP contribution is -2.56. The highest BCUT2D eigenvalue weighted by Crippen LogP contribution is 2.64. The van der Waals surface area contributed by atoms with Gasteiger partial charge in [0.15, 0.2) is 0 Å². The minimum atomic E-state index is -0.158. The number of fused-ring (bicyclic) bond motifs is 5. The highest BCUT2D eigenvalue weighted by molar-refractivity contribution is 5.93. The maximum Gasteiger partial charge on any atom is 0.141 e. The van der Waals surface area contributed by atoms with Gasteiger partial charge in [-0.2, -0.15) is 0 Å². The summed E-state index contributed by atoms with van der Waals surface area (Å²) in [6.45, 7) is 6.42. The van der Waals surface area contributed by atoms with E-state index >= 15 is 0 Å². The number of nitrogens with one attached hydrogen (secondary N) is 1. The topological polar surface area (TPSA) is 67.8 Å². The zero-order valence-electron chi connectivity index (χ0n) is 17.7. The lowest BCUT2D eigenvalue weighted by molar-refractivity contribution is -0.152. The Morgan fingerprint density at radius 2 is 1.86 bits per heavy atom. The van der Waals surface area contributed by atoms with Crippen LogP contribution in [0.3, 0.4) is 0 Å². The fourth-order valence-electron chi connectivity index (χ4n) is 7.57. The first kappa shape index (κ1) is 21.3. The van der Waals surface area contributed by atoms with Gasteiger partial charge in [-0.25, -0.2) is 0 Å². The van der Waals surface area contributed by atoms with Crippen LogP contribution in [0.1, 0.15) is 71.6 Å². The molecule has 5 fully saturated rings. The molecule has 0 aromatic rings. The predicted molar refractivity (Wildman–Crippen MR) is 114 cm³/mol. The first-order valence-corrected chi connectivity index (χ1v) is 11.4. The van der Waals surface area contributed by atoms with Gasteiger partial charge in [0, 0.05) is 37.1 Å². The van der Waals surface area contributed by atoms with E-state index in [4.69, 9.17) is 4.84 Å². The molecule has 5 rings (SSSR count). The molecule has 5 aliphatic rings. The van der Waals surface area contributed by atoms with E-state index in [0.29, 0.717) is 35.7 Å². The van der Waals surface area contributed by atoms with Gasteiger partial charge in [-0.1, -0.05) is 19.0 Å². The maximum absolute atomic E-state index is 13.3. The molecule has 0 aromatic heterocycles. The van der Waals surface area contributed by atoms with Crippen molar-refractivity contribution in [1.29, 1.82) is 0 Å². The lowest BCUT2D eigenvalue weighted by Gasteiger charge is -2.58. The number of nitrogens with zero attached hydrogens (tertiary/aromatic N) is 1. The van der Waals surface area contributed by atoms with E-state index in [0.717, 1.165) is 70.2 Å².